The second kappa shape index (κ2) is 10.4. The maximum Gasteiger partial charge on any atom is 0.321 e. The number of anilines is 1. The third kappa shape index (κ3) is 6.27. The van der Waals surface area contributed by atoms with E-state index < -0.39 is 0 Å². The molecule has 7 nitrogen and oxygen atoms in total. The molecule has 7 heteroatoms. The summed E-state index contributed by atoms with van der Waals surface area (Å²) in [6.07, 6.45) is 7.35. The molecule has 0 unspecified atom stereocenters. The van der Waals surface area contributed by atoms with Crippen molar-refractivity contribution >= 4 is 17.7 Å². The van der Waals surface area contributed by atoms with Crippen molar-refractivity contribution in [3.8, 4) is 5.75 Å². The smallest absolute Gasteiger partial charge is 0.321 e. The Bertz CT molecular complexity index is 695. The van der Waals surface area contributed by atoms with Crippen molar-refractivity contribution in [2.75, 3.05) is 25.0 Å². The van der Waals surface area contributed by atoms with E-state index in [0.29, 0.717) is 37.2 Å². The van der Waals surface area contributed by atoms with Crippen LogP contribution >= 0.6 is 0 Å². The molecule has 0 bridgehead atoms. The fourth-order valence-electron chi connectivity index (χ4n) is 4.09. The molecule has 2 aliphatic rings. The zero-order valence-corrected chi connectivity index (χ0v) is 17.6. The number of urea groups is 2. The van der Waals surface area contributed by atoms with Crippen LogP contribution in [0.15, 0.2) is 18.2 Å². The van der Waals surface area contributed by atoms with Crippen LogP contribution < -0.4 is 20.7 Å². The Balaban J connectivity index is 1.44. The molecular formula is C22H34N4O3. The topological polar surface area (TPSA) is 82.7 Å². The number of hydrogen-bond donors (Lipinski definition) is 3. The van der Waals surface area contributed by atoms with Gasteiger partial charge in [0.15, 0.2) is 0 Å². The number of carbonyl (C=O) groups is 2. The van der Waals surface area contributed by atoms with Gasteiger partial charge in [0.1, 0.15) is 5.75 Å². The van der Waals surface area contributed by atoms with E-state index in [0.717, 1.165) is 31.2 Å². The van der Waals surface area contributed by atoms with Crippen LogP contribution in [0.2, 0.25) is 0 Å². The molecule has 1 aromatic rings. The Labute approximate surface area is 173 Å². The average Bonchev–Trinajstić information content (AvgIpc) is 2.71. The van der Waals surface area contributed by atoms with Crippen molar-refractivity contribution in [1.82, 2.24) is 15.5 Å². The molecule has 0 radical (unpaired) electrons. The summed E-state index contributed by atoms with van der Waals surface area (Å²) in [4.78, 5) is 26.7. The molecule has 0 atom stereocenters. The normalized spacial score (nSPS) is 18.2. The number of amides is 4. The summed E-state index contributed by atoms with van der Waals surface area (Å²) in [6, 6.07) is 5.99. The third-order valence-electron chi connectivity index (χ3n) is 5.74. The second-order valence-corrected chi connectivity index (χ2v) is 8.08. The maximum atomic E-state index is 12.7. The number of piperidine rings is 1. The molecule has 1 aliphatic carbocycles. The van der Waals surface area contributed by atoms with Crippen LogP contribution in [0.25, 0.3) is 0 Å². The van der Waals surface area contributed by atoms with Crippen molar-refractivity contribution in [1.29, 1.82) is 0 Å². The number of aryl methyl sites for hydroxylation is 1. The lowest BCUT2D eigenvalue weighted by Crippen LogP contribution is -2.51. The van der Waals surface area contributed by atoms with Gasteiger partial charge >= 0.3 is 12.1 Å². The molecule has 160 valence electrons. The molecule has 1 aliphatic heterocycles. The van der Waals surface area contributed by atoms with Crippen molar-refractivity contribution in [3.63, 3.8) is 0 Å². The van der Waals surface area contributed by atoms with Gasteiger partial charge in [0.05, 0.1) is 12.3 Å². The minimum atomic E-state index is -0.125. The van der Waals surface area contributed by atoms with Crippen LogP contribution in [0.3, 0.4) is 0 Å². The van der Waals surface area contributed by atoms with Gasteiger partial charge in [-0.2, -0.15) is 0 Å². The van der Waals surface area contributed by atoms with Crippen LogP contribution in [0.4, 0.5) is 15.3 Å². The fourth-order valence-corrected chi connectivity index (χ4v) is 4.09. The van der Waals surface area contributed by atoms with Crippen molar-refractivity contribution < 1.29 is 14.3 Å². The first-order valence-electron chi connectivity index (χ1n) is 10.9. The van der Waals surface area contributed by atoms with Crippen LogP contribution in [0.5, 0.6) is 5.75 Å². The van der Waals surface area contributed by atoms with Gasteiger partial charge in [-0.05, 0) is 57.2 Å². The first-order chi connectivity index (χ1) is 14.0. The minimum absolute atomic E-state index is 0.0687. The van der Waals surface area contributed by atoms with Gasteiger partial charge < -0.3 is 25.6 Å². The quantitative estimate of drug-likeness (QED) is 0.696. The predicted octanol–water partition coefficient (Wildman–Crippen LogP) is 4.02. The van der Waals surface area contributed by atoms with E-state index >= 15 is 0 Å². The molecule has 1 heterocycles. The van der Waals surface area contributed by atoms with Gasteiger partial charge in [-0.3, -0.25) is 0 Å². The number of likely N-dealkylation sites (tertiary alicyclic amines) is 1. The zero-order chi connectivity index (χ0) is 20.6. The molecule has 0 spiro atoms. The van der Waals surface area contributed by atoms with Crippen molar-refractivity contribution in [2.24, 2.45) is 0 Å². The molecule has 3 rings (SSSR count). The van der Waals surface area contributed by atoms with Crippen LogP contribution in [-0.4, -0.2) is 48.7 Å². The number of nitrogens with one attached hydrogen (secondary N) is 3. The fraction of sp³-hybridized carbons (Fsp3) is 0.636. The molecule has 3 N–H and O–H groups in total. The van der Waals surface area contributed by atoms with Crippen molar-refractivity contribution in [2.45, 2.75) is 70.9 Å². The molecular weight excluding hydrogens is 368 g/mol. The molecule has 1 saturated carbocycles. The van der Waals surface area contributed by atoms with Crippen molar-refractivity contribution in [3.05, 3.63) is 23.8 Å². The summed E-state index contributed by atoms with van der Waals surface area (Å²) >= 11 is 0. The Morgan fingerprint density at radius 3 is 2.34 bits per heavy atom. The maximum absolute atomic E-state index is 12.7. The summed E-state index contributed by atoms with van der Waals surface area (Å²) in [5, 5.41) is 9.14. The van der Waals surface area contributed by atoms with E-state index in [4.69, 9.17) is 4.74 Å². The summed E-state index contributed by atoms with van der Waals surface area (Å²) in [7, 11) is 0. The van der Waals surface area contributed by atoms with E-state index in [-0.39, 0.29) is 18.1 Å². The number of nitrogens with zero attached hydrogens (tertiary/aromatic N) is 1. The van der Waals surface area contributed by atoms with Crippen LogP contribution in [-0.2, 0) is 0 Å². The Morgan fingerprint density at radius 1 is 1.03 bits per heavy atom. The van der Waals surface area contributed by atoms with Crippen LogP contribution in [0, 0.1) is 6.92 Å². The summed E-state index contributed by atoms with van der Waals surface area (Å²) in [5.74, 6) is 0.691. The van der Waals surface area contributed by atoms with Gasteiger partial charge in [0, 0.05) is 25.2 Å². The van der Waals surface area contributed by atoms with Gasteiger partial charge in [-0.25, -0.2) is 9.59 Å². The van der Waals surface area contributed by atoms with E-state index in [2.05, 4.69) is 16.0 Å². The lowest BCUT2D eigenvalue weighted by Gasteiger charge is -2.33. The van der Waals surface area contributed by atoms with Gasteiger partial charge in [-0.1, -0.05) is 25.3 Å². The monoisotopic (exact) mass is 402 g/mol. The number of ether oxygens (including phenoxy) is 1. The predicted molar refractivity (Wildman–Crippen MR) is 115 cm³/mol. The summed E-state index contributed by atoms with van der Waals surface area (Å²) in [5.41, 5.74) is 1.78. The Hall–Kier alpha value is -2.44. The Kier molecular flexibility index (Phi) is 7.61. The molecule has 0 aromatic heterocycles. The molecule has 2 fully saturated rings. The van der Waals surface area contributed by atoms with E-state index in [1.54, 1.807) is 4.90 Å². The zero-order valence-electron chi connectivity index (χ0n) is 17.6. The number of hydrogen-bond acceptors (Lipinski definition) is 3. The molecule has 4 amide bonds. The highest BCUT2D eigenvalue weighted by Crippen LogP contribution is 2.26. The number of benzene rings is 1. The van der Waals surface area contributed by atoms with Gasteiger partial charge in [-0.15, -0.1) is 0 Å². The molecule has 1 aromatic carbocycles. The SMILES string of the molecule is CCOc1cc(C)ccc1NC(=O)N1CCC(NC(=O)NC2CCCCC2)CC1. The van der Waals surface area contributed by atoms with Gasteiger partial charge in [0.2, 0.25) is 0 Å². The molecule has 1 saturated heterocycles. The number of carbonyl (C=O) groups excluding carboxylic acids is 2. The average molecular weight is 403 g/mol. The molecule has 29 heavy (non-hydrogen) atoms. The highest BCUT2D eigenvalue weighted by molar-refractivity contribution is 5.91. The van der Waals surface area contributed by atoms with E-state index in [9.17, 15) is 9.59 Å². The lowest BCUT2D eigenvalue weighted by molar-refractivity contribution is 0.186. The van der Waals surface area contributed by atoms with Gasteiger partial charge in [0.25, 0.3) is 0 Å². The highest BCUT2D eigenvalue weighted by Gasteiger charge is 2.25. The summed E-state index contributed by atoms with van der Waals surface area (Å²) < 4.78 is 5.64. The summed E-state index contributed by atoms with van der Waals surface area (Å²) in [6.45, 7) is 5.71. The largest absolute Gasteiger partial charge is 0.492 e. The third-order valence-corrected chi connectivity index (χ3v) is 5.74. The standard InChI is InChI=1S/C22H34N4O3/c1-3-29-20-15-16(2)9-10-19(20)25-22(28)26-13-11-18(12-14-26)24-21(27)23-17-7-5-4-6-8-17/h9-10,15,17-18H,3-8,11-14H2,1-2H3,(H,25,28)(H2,23,24,27). The van der Waals surface area contributed by atoms with E-state index in [1.807, 2.05) is 32.0 Å². The minimum Gasteiger partial charge on any atom is -0.492 e. The lowest BCUT2D eigenvalue weighted by atomic mass is 9.96. The van der Waals surface area contributed by atoms with E-state index in [1.165, 1.54) is 19.3 Å². The first kappa shape index (κ1) is 21.3. The highest BCUT2D eigenvalue weighted by atomic mass is 16.5. The number of rotatable bonds is 5. The first-order valence-corrected chi connectivity index (χ1v) is 10.9. The second-order valence-electron chi connectivity index (χ2n) is 8.08. The van der Waals surface area contributed by atoms with Crippen LogP contribution in [0.1, 0.15) is 57.4 Å². The Morgan fingerprint density at radius 2 is 1.69 bits per heavy atom.